The third-order valence-electron chi connectivity index (χ3n) is 4.85. The molecule has 0 unspecified atom stereocenters. The molecule has 0 bridgehead atoms. The van der Waals surface area contributed by atoms with E-state index in [0.717, 1.165) is 11.3 Å². The number of nitrogens with one attached hydrogen (secondary N) is 1. The first-order chi connectivity index (χ1) is 12.1. The number of ether oxygens (including phenoxy) is 1. The third-order valence-corrected chi connectivity index (χ3v) is 9.21. The maximum absolute atomic E-state index is 12.1. The molecule has 0 heterocycles. The van der Waals surface area contributed by atoms with Gasteiger partial charge in [0.1, 0.15) is 11.4 Å². The Labute approximate surface area is 165 Å². The molecular weight excluding hydrogens is 358 g/mol. The van der Waals surface area contributed by atoms with Gasteiger partial charge in [-0.25, -0.2) is 4.79 Å². The summed E-state index contributed by atoms with van der Waals surface area (Å²) in [5, 5.41) is 12.7. The zero-order valence-corrected chi connectivity index (χ0v) is 19.4. The van der Waals surface area contributed by atoms with Crippen LogP contribution in [0.25, 0.3) is 0 Å². The Morgan fingerprint density at radius 1 is 1.04 bits per heavy atom. The molecular formula is C21H37NO4Si. The van der Waals surface area contributed by atoms with E-state index in [2.05, 4.69) is 39.2 Å². The lowest BCUT2D eigenvalue weighted by molar-refractivity contribution is 0.0415. The molecule has 0 spiro atoms. The number of benzene rings is 1. The largest absolute Gasteiger partial charge is 0.544 e. The number of hydrogen-bond acceptors (Lipinski definition) is 4. The van der Waals surface area contributed by atoms with Crippen molar-refractivity contribution in [3.8, 4) is 5.75 Å². The summed E-state index contributed by atoms with van der Waals surface area (Å²) < 4.78 is 11.6. The van der Waals surface area contributed by atoms with E-state index < -0.39 is 25.6 Å². The normalized spacial score (nSPS) is 15.0. The van der Waals surface area contributed by atoms with Crippen LogP contribution in [0.1, 0.15) is 54.0 Å². The molecule has 0 aliphatic rings. The quantitative estimate of drug-likeness (QED) is 0.673. The minimum Gasteiger partial charge on any atom is -0.544 e. The molecule has 154 valence electrons. The van der Waals surface area contributed by atoms with Crippen molar-refractivity contribution in [1.29, 1.82) is 0 Å². The lowest BCUT2D eigenvalue weighted by Crippen LogP contribution is -2.52. The highest BCUT2D eigenvalue weighted by molar-refractivity contribution is 6.74. The topological polar surface area (TPSA) is 67.8 Å². The molecule has 1 aromatic carbocycles. The molecule has 2 N–H and O–H groups in total. The Balaban J connectivity index is 2.81. The summed E-state index contributed by atoms with van der Waals surface area (Å²) >= 11 is 0. The standard InChI is InChI=1S/C21H37NO4Si/c1-19(2,3)25-18(24)22-21(7,15-23)14-16-10-12-17(13-11-16)26-27(8,9)20(4,5)6/h10-13,23H,14-15H2,1-9H3,(H,22,24)/t21-/m0/s1. The molecule has 0 radical (unpaired) electrons. The van der Waals surface area contributed by atoms with Crippen LogP contribution in [-0.4, -0.2) is 37.3 Å². The SMILES string of the molecule is CC(C)(C)OC(=O)N[C@](C)(CO)Cc1ccc(O[Si](C)(C)C(C)(C)C)cc1. The van der Waals surface area contributed by atoms with Crippen molar-refractivity contribution in [2.75, 3.05) is 6.61 Å². The van der Waals surface area contributed by atoms with E-state index in [-0.39, 0.29) is 11.6 Å². The number of aliphatic hydroxyl groups excluding tert-OH is 1. The van der Waals surface area contributed by atoms with E-state index in [9.17, 15) is 9.90 Å². The Morgan fingerprint density at radius 3 is 1.96 bits per heavy atom. The fourth-order valence-electron chi connectivity index (χ4n) is 2.26. The van der Waals surface area contributed by atoms with Gasteiger partial charge in [-0.05, 0) is 69.9 Å². The summed E-state index contributed by atoms with van der Waals surface area (Å²) in [5.74, 6) is 0.858. The molecule has 0 aliphatic carbocycles. The fraction of sp³-hybridized carbons (Fsp3) is 0.667. The van der Waals surface area contributed by atoms with Crippen molar-refractivity contribution in [2.45, 2.75) is 84.2 Å². The van der Waals surface area contributed by atoms with Gasteiger partial charge in [0.15, 0.2) is 0 Å². The zero-order chi connectivity index (χ0) is 21.1. The highest BCUT2D eigenvalue weighted by Gasteiger charge is 2.39. The zero-order valence-electron chi connectivity index (χ0n) is 18.4. The van der Waals surface area contributed by atoms with Crippen LogP contribution in [0.4, 0.5) is 4.79 Å². The van der Waals surface area contributed by atoms with E-state index in [4.69, 9.17) is 9.16 Å². The number of amides is 1. The molecule has 5 nitrogen and oxygen atoms in total. The summed E-state index contributed by atoms with van der Waals surface area (Å²) in [6.45, 7) is 18.1. The Kier molecular flexibility index (Phi) is 7.16. The van der Waals surface area contributed by atoms with Gasteiger partial charge in [0.2, 0.25) is 8.32 Å². The first-order valence-corrected chi connectivity index (χ1v) is 12.4. The van der Waals surface area contributed by atoms with Crippen molar-refractivity contribution in [2.24, 2.45) is 0 Å². The highest BCUT2D eigenvalue weighted by Crippen LogP contribution is 2.37. The Hall–Kier alpha value is -1.53. The van der Waals surface area contributed by atoms with Gasteiger partial charge < -0.3 is 19.6 Å². The van der Waals surface area contributed by atoms with Gasteiger partial charge in [-0.2, -0.15) is 0 Å². The van der Waals surface area contributed by atoms with Crippen LogP contribution in [0.2, 0.25) is 18.1 Å². The van der Waals surface area contributed by atoms with Gasteiger partial charge in [-0.1, -0.05) is 32.9 Å². The molecule has 1 amide bonds. The maximum Gasteiger partial charge on any atom is 0.408 e. The third kappa shape index (κ3) is 7.54. The molecule has 6 heteroatoms. The lowest BCUT2D eigenvalue weighted by atomic mass is 9.94. The van der Waals surface area contributed by atoms with Crippen molar-refractivity contribution >= 4 is 14.4 Å². The second-order valence-corrected chi connectivity index (χ2v) is 14.8. The van der Waals surface area contributed by atoms with E-state index in [1.54, 1.807) is 6.92 Å². The van der Waals surface area contributed by atoms with E-state index >= 15 is 0 Å². The van der Waals surface area contributed by atoms with Gasteiger partial charge in [0.25, 0.3) is 0 Å². The lowest BCUT2D eigenvalue weighted by Gasteiger charge is -2.36. The minimum atomic E-state index is -1.88. The molecule has 0 fully saturated rings. The number of alkyl carbamates (subject to hydrolysis) is 1. The fourth-order valence-corrected chi connectivity index (χ4v) is 3.29. The van der Waals surface area contributed by atoms with Crippen LogP contribution < -0.4 is 9.74 Å². The summed E-state index contributed by atoms with van der Waals surface area (Å²) in [6, 6.07) is 7.88. The average Bonchev–Trinajstić information content (AvgIpc) is 2.45. The van der Waals surface area contributed by atoms with Gasteiger partial charge >= 0.3 is 6.09 Å². The van der Waals surface area contributed by atoms with Crippen LogP contribution in [0, 0.1) is 0 Å². The molecule has 1 rings (SSSR count). The average molecular weight is 396 g/mol. The first-order valence-electron chi connectivity index (χ1n) is 9.47. The number of rotatable bonds is 6. The van der Waals surface area contributed by atoms with Gasteiger partial charge in [-0.3, -0.25) is 0 Å². The number of carbonyl (C=O) groups excluding carboxylic acids is 1. The van der Waals surface area contributed by atoms with Gasteiger partial charge in [-0.15, -0.1) is 0 Å². The van der Waals surface area contributed by atoms with Gasteiger partial charge in [0.05, 0.1) is 12.1 Å². The van der Waals surface area contributed by atoms with Crippen molar-refractivity contribution < 1.29 is 19.1 Å². The Morgan fingerprint density at radius 2 is 1.56 bits per heavy atom. The predicted octanol–water partition coefficient (Wildman–Crippen LogP) is 4.89. The summed E-state index contributed by atoms with van der Waals surface area (Å²) in [5.41, 5.74) is -0.377. The highest BCUT2D eigenvalue weighted by atomic mass is 28.4. The van der Waals surface area contributed by atoms with E-state index in [0.29, 0.717) is 6.42 Å². The molecule has 1 atom stereocenters. The summed E-state index contributed by atoms with van der Waals surface area (Å²) in [7, 11) is -1.88. The second kappa shape index (κ2) is 8.23. The number of hydrogen-bond donors (Lipinski definition) is 2. The van der Waals surface area contributed by atoms with Crippen molar-refractivity contribution in [3.05, 3.63) is 29.8 Å². The molecule has 0 aliphatic heterocycles. The Bertz CT molecular complexity index is 629. The predicted molar refractivity (Wildman–Crippen MR) is 113 cm³/mol. The van der Waals surface area contributed by atoms with Crippen LogP contribution in [-0.2, 0) is 11.2 Å². The monoisotopic (exact) mass is 395 g/mol. The minimum absolute atomic E-state index is 0.137. The molecule has 1 aromatic rings. The second-order valence-electron chi connectivity index (χ2n) is 10.0. The van der Waals surface area contributed by atoms with Gasteiger partial charge in [0, 0.05) is 0 Å². The van der Waals surface area contributed by atoms with Crippen LogP contribution in [0.5, 0.6) is 5.75 Å². The van der Waals surface area contributed by atoms with Crippen LogP contribution in [0.3, 0.4) is 0 Å². The maximum atomic E-state index is 12.1. The summed E-state index contributed by atoms with van der Waals surface area (Å²) in [6.07, 6.45) is -0.0414. The first kappa shape index (κ1) is 23.5. The van der Waals surface area contributed by atoms with Crippen LogP contribution >= 0.6 is 0 Å². The number of aliphatic hydroxyl groups is 1. The summed E-state index contributed by atoms with van der Waals surface area (Å²) in [4.78, 5) is 12.1. The van der Waals surface area contributed by atoms with Crippen LogP contribution in [0.15, 0.2) is 24.3 Å². The molecule has 0 saturated carbocycles. The smallest absolute Gasteiger partial charge is 0.408 e. The molecule has 0 aromatic heterocycles. The van der Waals surface area contributed by atoms with E-state index in [1.807, 2.05) is 45.0 Å². The molecule has 0 saturated heterocycles. The molecule has 27 heavy (non-hydrogen) atoms. The van der Waals surface area contributed by atoms with Crippen molar-refractivity contribution in [1.82, 2.24) is 5.32 Å². The van der Waals surface area contributed by atoms with E-state index in [1.165, 1.54) is 0 Å². The number of carbonyl (C=O) groups is 1. The van der Waals surface area contributed by atoms with Crippen molar-refractivity contribution in [3.63, 3.8) is 0 Å².